The van der Waals surface area contributed by atoms with Crippen LogP contribution in [0.4, 0.5) is 0 Å². The Labute approximate surface area is 130 Å². The highest BCUT2D eigenvalue weighted by atomic mass is 127. The molecule has 1 heterocycles. The van der Waals surface area contributed by atoms with Crippen LogP contribution >= 0.6 is 38.5 Å². The molecular formula is C13H18BrIN2O. The van der Waals surface area contributed by atoms with Crippen molar-refractivity contribution < 1.29 is 4.74 Å². The van der Waals surface area contributed by atoms with Gasteiger partial charge in [-0.25, -0.2) is 0 Å². The summed E-state index contributed by atoms with van der Waals surface area (Å²) in [6, 6.07) is 6.51. The molecule has 0 bridgehead atoms. The van der Waals surface area contributed by atoms with Crippen molar-refractivity contribution in [2.45, 2.75) is 37.8 Å². The van der Waals surface area contributed by atoms with Crippen molar-refractivity contribution >= 4 is 38.5 Å². The highest BCUT2D eigenvalue weighted by Crippen LogP contribution is 2.29. The second kappa shape index (κ2) is 7.19. The van der Waals surface area contributed by atoms with Crippen LogP contribution in [0.25, 0.3) is 0 Å². The van der Waals surface area contributed by atoms with Crippen LogP contribution in [0.1, 0.15) is 37.3 Å². The summed E-state index contributed by atoms with van der Waals surface area (Å²) in [5.41, 5.74) is 4.15. The number of nitrogens with one attached hydrogen (secondary N) is 1. The van der Waals surface area contributed by atoms with Crippen LogP contribution in [-0.2, 0) is 4.74 Å². The van der Waals surface area contributed by atoms with Crippen molar-refractivity contribution in [3.05, 3.63) is 31.8 Å². The molecule has 2 rings (SSSR count). The Bertz CT molecular complexity index is 397. The molecule has 18 heavy (non-hydrogen) atoms. The van der Waals surface area contributed by atoms with Crippen molar-refractivity contribution in [3.8, 4) is 0 Å². The van der Waals surface area contributed by atoms with Gasteiger partial charge >= 0.3 is 0 Å². The monoisotopic (exact) mass is 424 g/mol. The lowest BCUT2D eigenvalue weighted by Gasteiger charge is -2.20. The first-order chi connectivity index (χ1) is 8.70. The number of hydrazine groups is 1. The van der Waals surface area contributed by atoms with Crippen LogP contribution in [0.2, 0.25) is 0 Å². The molecule has 0 aliphatic carbocycles. The van der Waals surface area contributed by atoms with E-state index in [-0.39, 0.29) is 6.04 Å². The molecule has 1 aliphatic heterocycles. The summed E-state index contributed by atoms with van der Waals surface area (Å²) < 4.78 is 7.99. The minimum Gasteiger partial charge on any atom is -0.378 e. The molecule has 0 amide bonds. The second-order valence-electron chi connectivity index (χ2n) is 4.60. The highest BCUT2D eigenvalue weighted by molar-refractivity contribution is 14.1. The summed E-state index contributed by atoms with van der Waals surface area (Å²) in [6.07, 6.45) is 4.86. The van der Waals surface area contributed by atoms with Crippen LogP contribution in [0.15, 0.2) is 22.7 Å². The predicted molar refractivity (Wildman–Crippen MR) is 85.1 cm³/mol. The zero-order valence-electron chi connectivity index (χ0n) is 10.2. The minimum atomic E-state index is 0.179. The van der Waals surface area contributed by atoms with Gasteiger partial charge in [-0.3, -0.25) is 11.3 Å². The first-order valence-electron chi connectivity index (χ1n) is 6.23. The van der Waals surface area contributed by atoms with Crippen molar-refractivity contribution in [1.29, 1.82) is 0 Å². The van der Waals surface area contributed by atoms with E-state index in [0.29, 0.717) is 6.10 Å². The number of hydrogen-bond donors (Lipinski definition) is 2. The fourth-order valence-electron chi connectivity index (χ4n) is 2.33. The first-order valence-corrected chi connectivity index (χ1v) is 8.10. The molecule has 5 heteroatoms. The molecule has 3 nitrogen and oxygen atoms in total. The van der Waals surface area contributed by atoms with Gasteiger partial charge in [-0.2, -0.15) is 0 Å². The Morgan fingerprint density at radius 2 is 2.39 bits per heavy atom. The van der Waals surface area contributed by atoms with Crippen molar-refractivity contribution in [1.82, 2.24) is 5.43 Å². The Hall–Kier alpha value is 0.310. The number of nitrogens with two attached hydrogens (primary N) is 1. The Balaban J connectivity index is 2.00. The van der Waals surface area contributed by atoms with Crippen LogP contribution < -0.4 is 11.3 Å². The van der Waals surface area contributed by atoms with Crippen molar-refractivity contribution in [2.24, 2.45) is 5.84 Å². The van der Waals surface area contributed by atoms with E-state index in [1.54, 1.807) is 0 Å². The zero-order chi connectivity index (χ0) is 13.0. The molecule has 0 aromatic heterocycles. The van der Waals surface area contributed by atoms with E-state index in [9.17, 15) is 0 Å². The molecule has 1 saturated heterocycles. The lowest BCUT2D eigenvalue weighted by atomic mass is 10.00. The summed E-state index contributed by atoms with van der Waals surface area (Å²) >= 11 is 5.92. The van der Waals surface area contributed by atoms with Crippen molar-refractivity contribution in [3.63, 3.8) is 0 Å². The molecule has 1 fully saturated rings. The third-order valence-corrected chi connectivity index (χ3v) is 4.73. The third-order valence-electron chi connectivity index (χ3n) is 3.34. The van der Waals surface area contributed by atoms with E-state index >= 15 is 0 Å². The molecule has 3 N–H and O–H groups in total. The van der Waals surface area contributed by atoms with E-state index in [1.807, 2.05) is 0 Å². The SMILES string of the molecule is NNC(CCC1CCCO1)c1cc(I)ccc1Br. The lowest BCUT2D eigenvalue weighted by Crippen LogP contribution is -2.29. The Morgan fingerprint density at radius 1 is 1.56 bits per heavy atom. The average Bonchev–Trinajstić information content (AvgIpc) is 2.87. The van der Waals surface area contributed by atoms with Gasteiger partial charge in [0.15, 0.2) is 0 Å². The van der Waals surface area contributed by atoms with Gasteiger partial charge in [0.1, 0.15) is 0 Å². The standard InChI is InChI=1S/C13H18BrIN2O/c14-12-5-3-9(15)8-11(12)13(17-16)6-4-10-2-1-7-18-10/h3,5,8,10,13,17H,1-2,4,6-7,16H2. The van der Waals surface area contributed by atoms with Gasteiger partial charge in [0, 0.05) is 20.7 Å². The van der Waals surface area contributed by atoms with Gasteiger partial charge in [-0.05, 0) is 72.0 Å². The van der Waals surface area contributed by atoms with Gasteiger partial charge in [0.05, 0.1) is 6.10 Å². The molecule has 1 aromatic rings. The van der Waals surface area contributed by atoms with E-state index in [2.05, 4.69) is 62.1 Å². The number of rotatable bonds is 5. The molecule has 100 valence electrons. The summed E-state index contributed by atoms with van der Waals surface area (Å²) in [4.78, 5) is 0. The number of halogens is 2. The highest BCUT2D eigenvalue weighted by Gasteiger charge is 2.19. The lowest BCUT2D eigenvalue weighted by molar-refractivity contribution is 0.0996. The smallest absolute Gasteiger partial charge is 0.0576 e. The second-order valence-corrected chi connectivity index (χ2v) is 6.70. The molecule has 1 aliphatic rings. The van der Waals surface area contributed by atoms with Gasteiger partial charge in [-0.15, -0.1) is 0 Å². The maximum absolute atomic E-state index is 5.69. The molecule has 0 saturated carbocycles. The summed E-state index contributed by atoms with van der Waals surface area (Å²) in [5, 5.41) is 0. The summed E-state index contributed by atoms with van der Waals surface area (Å²) in [7, 11) is 0. The topological polar surface area (TPSA) is 47.3 Å². The molecule has 2 atom stereocenters. The molecule has 1 aromatic carbocycles. The molecule has 0 radical (unpaired) electrons. The largest absolute Gasteiger partial charge is 0.378 e. The maximum Gasteiger partial charge on any atom is 0.0576 e. The average molecular weight is 425 g/mol. The van der Waals surface area contributed by atoms with Crippen molar-refractivity contribution in [2.75, 3.05) is 6.61 Å². The molecule has 2 unspecified atom stereocenters. The van der Waals surface area contributed by atoms with E-state index < -0.39 is 0 Å². The first kappa shape index (κ1) is 14.7. The predicted octanol–water partition coefficient (Wildman–Crippen LogP) is 3.52. The Morgan fingerprint density at radius 3 is 3.06 bits per heavy atom. The van der Waals surface area contributed by atoms with Crippen LogP contribution in [0, 0.1) is 3.57 Å². The number of benzene rings is 1. The van der Waals surface area contributed by atoms with E-state index in [1.165, 1.54) is 22.0 Å². The normalized spacial score (nSPS) is 21.2. The van der Waals surface area contributed by atoms with Gasteiger partial charge in [0.2, 0.25) is 0 Å². The molecule has 0 spiro atoms. The summed E-state index contributed by atoms with van der Waals surface area (Å²) in [5.74, 6) is 5.69. The van der Waals surface area contributed by atoms with Crippen LogP contribution in [0.3, 0.4) is 0 Å². The van der Waals surface area contributed by atoms with E-state index in [0.717, 1.165) is 23.9 Å². The fraction of sp³-hybridized carbons (Fsp3) is 0.538. The minimum absolute atomic E-state index is 0.179. The molecular weight excluding hydrogens is 407 g/mol. The van der Waals surface area contributed by atoms with E-state index in [4.69, 9.17) is 10.6 Å². The maximum atomic E-state index is 5.69. The third kappa shape index (κ3) is 3.90. The summed E-state index contributed by atoms with van der Waals surface area (Å²) in [6.45, 7) is 0.915. The Kier molecular flexibility index (Phi) is 5.88. The fourth-order valence-corrected chi connectivity index (χ4v) is 3.37. The number of ether oxygens (including phenoxy) is 1. The zero-order valence-corrected chi connectivity index (χ0v) is 13.9. The van der Waals surface area contributed by atoms with Gasteiger partial charge in [-0.1, -0.05) is 15.9 Å². The van der Waals surface area contributed by atoms with Gasteiger partial charge in [0.25, 0.3) is 0 Å². The number of hydrogen-bond acceptors (Lipinski definition) is 3. The quantitative estimate of drug-likeness (QED) is 0.432. The van der Waals surface area contributed by atoms with Crippen LogP contribution in [-0.4, -0.2) is 12.7 Å². The van der Waals surface area contributed by atoms with Crippen LogP contribution in [0.5, 0.6) is 0 Å². The van der Waals surface area contributed by atoms with Gasteiger partial charge < -0.3 is 4.74 Å².